The number of aryl methyl sites for hydroxylation is 1. The Bertz CT molecular complexity index is 1200. The highest BCUT2D eigenvalue weighted by Crippen LogP contribution is 2.23. The van der Waals surface area contributed by atoms with Crippen molar-refractivity contribution in [3.8, 4) is 5.69 Å². The van der Waals surface area contributed by atoms with Crippen molar-refractivity contribution in [2.75, 3.05) is 6.61 Å². The molecule has 0 aliphatic heterocycles. The second-order valence-electron chi connectivity index (χ2n) is 9.35. The van der Waals surface area contributed by atoms with Crippen molar-refractivity contribution in [1.82, 2.24) is 9.99 Å². The molecule has 178 valence electrons. The van der Waals surface area contributed by atoms with Crippen LogP contribution in [0.5, 0.6) is 0 Å². The van der Waals surface area contributed by atoms with Gasteiger partial charge in [0.25, 0.3) is 0 Å². The summed E-state index contributed by atoms with van der Waals surface area (Å²) in [6.45, 7) is 12.6. The molecule has 1 aromatic heterocycles. The molecule has 0 atom stereocenters. The van der Waals surface area contributed by atoms with Gasteiger partial charge < -0.3 is 9.30 Å². The van der Waals surface area contributed by atoms with Crippen molar-refractivity contribution in [3.63, 3.8) is 0 Å². The maximum absolute atomic E-state index is 12.3. The van der Waals surface area contributed by atoms with Gasteiger partial charge in [-0.2, -0.15) is 5.10 Å². The molecular formula is C28H33N3O3. The smallest absolute Gasteiger partial charge is 0.338 e. The number of aromatic nitrogens is 1. The molecule has 1 amide bonds. The lowest BCUT2D eigenvalue weighted by molar-refractivity contribution is -0.120. The van der Waals surface area contributed by atoms with E-state index in [1.165, 1.54) is 5.56 Å². The minimum atomic E-state index is -0.343. The van der Waals surface area contributed by atoms with Gasteiger partial charge in [0.15, 0.2) is 0 Å². The zero-order valence-corrected chi connectivity index (χ0v) is 20.8. The Hall–Kier alpha value is -3.67. The van der Waals surface area contributed by atoms with E-state index in [0.717, 1.165) is 28.2 Å². The van der Waals surface area contributed by atoms with Crippen molar-refractivity contribution in [1.29, 1.82) is 0 Å². The second kappa shape index (κ2) is 10.5. The van der Waals surface area contributed by atoms with Crippen molar-refractivity contribution in [2.24, 2.45) is 5.10 Å². The summed E-state index contributed by atoms with van der Waals surface area (Å²) in [6.07, 6.45) is 1.91. The fourth-order valence-electron chi connectivity index (χ4n) is 3.82. The molecule has 0 bridgehead atoms. The maximum atomic E-state index is 12.3. The molecule has 0 aliphatic carbocycles. The Morgan fingerprint density at radius 2 is 1.76 bits per heavy atom. The van der Waals surface area contributed by atoms with E-state index >= 15 is 0 Å². The number of hydrazone groups is 1. The largest absolute Gasteiger partial charge is 0.462 e. The maximum Gasteiger partial charge on any atom is 0.338 e. The molecule has 2 aromatic carbocycles. The molecule has 0 spiro atoms. The van der Waals surface area contributed by atoms with Gasteiger partial charge in [-0.25, -0.2) is 10.2 Å². The number of nitrogens with zero attached hydrogens (tertiary/aromatic N) is 2. The second-order valence-corrected chi connectivity index (χ2v) is 9.35. The van der Waals surface area contributed by atoms with E-state index in [1.54, 1.807) is 19.2 Å². The summed E-state index contributed by atoms with van der Waals surface area (Å²) >= 11 is 0. The number of carbonyl (C=O) groups is 2. The Balaban J connectivity index is 1.69. The van der Waals surface area contributed by atoms with E-state index < -0.39 is 0 Å². The van der Waals surface area contributed by atoms with Gasteiger partial charge in [0.05, 0.1) is 24.8 Å². The van der Waals surface area contributed by atoms with E-state index in [2.05, 4.69) is 43.4 Å². The van der Waals surface area contributed by atoms with Crippen LogP contribution in [-0.4, -0.2) is 29.3 Å². The minimum Gasteiger partial charge on any atom is -0.462 e. The normalized spacial score (nSPS) is 11.6. The first-order valence-electron chi connectivity index (χ1n) is 11.5. The first kappa shape index (κ1) is 25.0. The Morgan fingerprint density at radius 1 is 1.06 bits per heavy atom. The zero-order valence-electron chi connectivity index (χ0n) is 20.8. The molecule has 6 heteroatoms. The van der Waals surface area contributed by atoms with E-state index in [-0.39, 0.29) is 23.7 Å². The van der Waals surface area contributed by atoms with E-state index in [9.17, 15) is 9.59 Å². The molecule has 1 heterocycles. The van der Waals surface area contributed by atoms with Crippen LogP contribution in [0.2, 0.25) is 0 Å². The fraction of sp³-hybridized carbons (Fsp3) is 0.321. The number of ether oxygens (including phenoxy) is 1. The number of rotatable bonds is 7. The van der Waals surface area contributed by atoms with Gasteiger partial charge in [0, 0.05) is 22.6 Å². The lowest BCUT2D eigenvalue weighted by atomic mass is 9.86. The number of nitrogens with one attached hydrogen (secondary N) is 1. The molecule has 0 fully saturated rings. The summed E-state index contributed by atoms with van der Waals surface area (Å²) < 4.78 is 7.16. The van der Waals surface area contributed by atoms with Crippen molar-refractivity contribution in [2.45, 2.75) is 53.4 Å². The van der Waals surface area contributed by atoms with Crippen LogP contribution in [0, 0.1) is 13.8 Å². The highest BCUT2D eigenvalue weighted by Gasteiger charge is 2.14. The molecule has 34 heavy (non-hydrogen) atoms. The average Bonchev–Trinajstić information content (AvgIpc) is 3.06. The minimum absolute atomic E-state index is 0.0810. The van der Waals surface area contributed by atoms with Crippen molar-refractivity contribution < 1.29 is 14.3 Å². The highest BCUT2D eigenvalue weighted by molar-refractivity contribution is 5.90. The number of amides is 1. The van der Waals surface area contributed by atoms with E-state index in [1.807, 2.05) is 54.8 Å². The Kier molecular flexibility index (Phi) is 7.72. The third-order valence-corrected chi connectivity index (χ3v) is 5.66. The quantitative estimate of drug-likeness (QED) is 0.298. The topological polar surface area (TPSA) is 72.7 Å². The SMILES string of the molecule is CCOC(=O)c1cccc(-n2c(C)cc(/C=N\NC(=O)Cc3ccc(C(C)(C)C)cc3)c2C)c1. The predicted octanol–water partition coefficient (Wildman–Crippen LogP) is 5.26. The van der Waals surface area contributed by atoms with Crippen LogP contribution in [0.3, 0.4) is 0 Å². The number of hydrogen-bond donors (Lipinski definition) is 1. The summed E-state index contributed by atoms with van der Waals surface area (Å²) in [5.41, 5.74) is 9.07. The van der Waals surface area contributed by atoms with Gasteiger partial charge in [-0.15, -0.1) is 0 Å². The number of carbonyl (C=O) groups excluding carboxylic acids is 2. The molecule has 0 unspecified atom stereocenters. The van der Waals surface area contributed by atoms with Gasteiger partial charge in [-0.05, 0) is 61.6 Å². The highest BCUT2D eigenvalue weighted by atomic mass is 16.5. The number of esters is 1. The third kappa shape index (κ3) is 6.01. The molecule has 6 nitrogen and oxygen atoms in total. The third-order valence-electron chi connectivity index (χ3n) is 5.66. The molecule has 3 rings (SSSR count). The van der Waals surface area contributed by atoms with Gasteiger partial charge >= 0.3 is 5.97 Å². The average molecular weight is 460 g/mol. The van der Waals surface area contributed by atoms with Crippen LogP contribution in [0.15, 0.2) is 59.7 Å². The van der Waals surface area contributed by atoms with Crippen LogP contribution in [-0.2, 0) is 21.4 Å². The van der Waals surface area contributed by atoms with E-state index in [4.69, 9.17) is 4.74 Å². The molecule has 0 radical (unpaired) electrons. The van der Waals surface area contributed by atoms with Crippen LogP contribution >= 0.6 is 0 Å². The zero-order chi connectivity index (χ0) is 24.9. The van der Waals surface area contributed by atoms with Gasteiger partial charge in [0.2, 0.25) is 5.91 Å². The van der Waals surface area contributed by atoms with Crippen LogP contribution in [0.1, 0.15) is 66.1 Å². The Morgan fingerprint density at radius 3 is 2.41 bits per heavy atom. The molecule has 1 N–H and O–H groups in total. The summed E-state index contributed by atoms with van der Waals surface area (Å²) in [6, 6.07) is 17.4. The first-order valence-corrected chi connectivity index (χ1v) is 11.5. The number of hydrogen-bond acceptors (Lipinski definition) is 4. The van der Waals surface area contributed by atoms with Crippen molar-refractivity contribution >= 4 is 18.1 Å². The van der Waals surface area contributed by atoms with Crippen molar-refractivity contribution in [3.05, 3.63) is 88.2 Å². The number of benzene rings is 2. The summed E-state index contributed by atoms with van der Waals surface area (Å²) in [7, 11) is 0. The fourth-order valence-corrected chi connectivity index (χ4v) is 3.82. The summed E-state index contributed by atoms with van der Waals surface area (Å²) in [5, 5.41) is 4.16. The lowest BCUT2D eigenvalue weighted by Gasteiger charge is -2.19. The molecule has 0 aliphatic rings. The van der Waals surface area contributed by atoms with Crippen LogP contribution in [0.25, 0.3) is 5.69 Å². The van der Waals surface area contributed by atoms with Gasteiger partial charge in [-0.1, -0.05) is 51.1 Å². The monoisotopic (exact) mass is 459 g/mol. The van der Waals surface area contributed by atoms with Crippen LogP contribution < -0.4 is 5.43 Å². The van der Waals surface area contributed by atoms with Gasteiger partial charge in [0.1, 0.15) is 0 Å². The molecule has 0 saturated heterocycles. The first-order chi connectivity index (χ1) is 16.1. The molecule has 3 aromatic rings. The Labute approximate surface area is 201 Å². The van der Waals surface area contributed by atoms with Crippen LogP contribution in [0.4, 0.5) is 0 Å². The molecular weight excluding hydrogens is 426 g/mol. The van der Waals surface area contributed by atoms with E-state index in [0.29, 0.717) is 12.2 Å². The lowest BCUT2D eigenvalue weighted by Crippen LogP contribution is -2.20. The summed E-state index contributed by atoms with van der Waals surface area (Å²) in [5.74, 6) is -0.514. The summed E-state index contributed by atoms with van der Waals surface area (Å²) in [4.78, 5) is 24.5. The standard InChI is InChI=1S/C28H33N3O3/c1-7-34-27(33)22-9-8-10-25(17-22)31-19(2)15-23(20(31)3)18-29-30-26(32)16-21-11-13-24(14-12-21)28(4,5)6/h8-15,17-18H,7,16H2,1-6H3,(H,30,32)/b29-18-. The molecule has 0 saturated carbocycles. The predicted molar refractivity (Wildman–Crippen MR) is 136 cm³/mol. The van der Waals surface area contributed by atoms with Gasteiger partial charge in [-0.3, -0.25) is 4.79 Å².